The molecule has 3 rings (SSSR count). The van der Waals surface area contributed by atoms with Crippen LogP contribution < -0.4 is 10.6 Å². The van der Waals surface area contributed by atoms with Crippen molar-refractivity contribution in [2.24, 2.45) is 0 Å². The SMILES string of the molecule is O=C1NC(=O)C2(CCN(C(=O)Cc3cccc(F)c3)CC2)N1. The maximum atomic E-state index is 13.1. The first-order valence-corrected chi connectivity index (χ1v) is 7.14. The van der Waals surface area contributed by atoms with Gasteiger partial charge in [-0.25, -0.2) is 9.18 Å². The third-order valence-corrected chi connectivity index (χ3v) is 4.23. The molecule has 0 aliphatic carbocycles. The molecule has 116 valence electrons. The monoisotopic (exact) mass is 305 g/mol. The van der Waals surface area contributed by atoms with Crippen LogP contribution in [-0.4, -0.2) is 41.4 Å². The van der Waals surface area contributed by atoms with E-state index in [9.17, 15) is 18.8 Å². The molecule has 2 aliphatic heterocycles. The van der Waals surface area contributed by atoms with Gasteiger partial charge in [-0.1, -0.05) is 12.1 Å². The van der Waals surface area contributed by atoms with E-state index in [0.717, 1.165) is 0 Å². The van der Waals surface area contributed by atoms with Gasteiger partial charge in [-0.15, -0.1) is 0 Å². The van der Waals surface area contributed by atoms with Crippen LogP contribution in [0.15, 0.2) is 24.3 Å². The van der Waals surface area contributed by atoms with Crippen molar-refractivity contribution in [1.82, 2.24) is 15.5 Å². The number of nitrogens with zero attached hydrogens (tertiary/aromatic N) is 1. The summed E-state index contributed by atoms with van der Waals surface area (Å²) in [5.41, 5.74) is -0.260. The first-order valence-electron chi connectivity index (χ1n) is 7.14. The number of rotatable bonds is 2. The Labute approximate surface area is 126 Å². The summed E-state index contributed by atoms with van der Waals surface area (Å²) >= 11 is 0. The molecular weight excluding hydrogens is 289 g/mol. The van der Waals surface area contributed by atoms with E-state index in [1.807, 2.05) is 0 Å². The highest BCUT2D eigenvalue weighted by molar-refractivity contribution is 6.07. The van der Waals surface area contributed by atoms with Gasteiger partial charge in [0, 0.05) is 13.1 Å². The van der Waals surface area contributed by atoms with Gasteiger partial charge in [0.1, 0.15) is 11.4 Å². The average molecular weight is 305 g/mol. The van der Waals surface area contributed by atoms with Crippen LogP contribution in [0.5, 0.6) is 0 Å². The van der Waals surface area contributed by atoms with Crippen LogP contribution >= 0.6 is 0 Å². The van der Waals surface area contributed by atoms with Crippen LogP contribution in [0.1, 0.15) is 18.4 Å². The Kier molecular flexibility index (Phi) is 3.56. The van der Waals surface area contributed by atoms with Crippen LogP contribution in [0.25, 0.3) is 0 Å². The Bertz CT molecular complexity index is 639. The van der Waals surface area contributed by atoms with Gasteiger partial charge in [0.25, 0.3) is 5.91 Å². The molecule has 6 nitrogen and oxygen atoms in total. The van der Waals surface area contributed by atoms with Crippen LogP contribution in [0, 0.1) is 5.82 Å². The maximum Gasteiger partial charge on any atom is 0.322 e. The van der Waals surface area contributed by atoms with E-state index in [-0.39, 0.29) is 24.1 Å². The summed E-state index contributed by atoms with van der Waals surface area (Å²) in [4.78, 5) is 37.0. The standard InChI is InChI=1S/C15H16FN3O3/c16-11-3-1-2-10(8-11)9-12(20)19-6-4-15(5-7-19)13(21)17-14(22)18-15/h1-3,8H,4-7,9H2,(H2,17,18,21,22). The van der Waals surface area contributed by atoms with E-state index in [2.05, 4.69) is 10.6 Å². The highest BCUT2D eigenvalue weighted by atomic mass is 19.1. The highest BCUT2D eigenvalue weighted by Crippen LogP contribution is 2.25. The van der Waals surface area contributed by atoms with E-state index in [1.54, 1.807) is 17.0 Å². The number of benzene rings is 1. The summed E-state index contributed by atoms with van der Waals surface area (Å²) in [7, 11) is 0. The minimum absolute atomic E-state index is 0.106. The summed E-state index contributed by atoms with van der Waals surface area (Å²) in [6.07, 6.45) is 0.905. The van der Waals surface area contributed by atoms with Gasteiger partial charge >= 0.3 is 6.03 Å². The Hall–Kier alpha value is -2.44. The van der Waals surface area contributed by atoms with Gasteiger partial charge in [-0.2, -0.15) is 0 Å². The van der Waals surface area contributed by atoms with Crippen molar-refractivity contribution < 1.29 is 18.8 Å². The number of likely N-dealkylation sites (tertiary alicyclic amines) is 1. The third kappa shape index (κ3) is 2.66. The smallest absolute Gasteiger partial charge is 0.322 e. The van der Waals surface area contributed by atoms with Gasteiger partial charge in [-0.3, -0.25) is 14.9 Å². The van der Waals surface area contributed by atoms with E-state index in [0.29, 0.717) is 31.5 Å². The largest absolute Gasteiger partial charge is 0.342 e. The van der Waals surface area contributed by atoms with Crippen LogP contribution in [0.4, 0.5) is 9.18 Å². The molecule has 0 saturated carbocycles. The van der Waals surface area contributed by atoms with Crippen molar-refractivity contribution in [3.05, 3.63) is 35.6 Å². The lowest BCUT2D eigenvalue weighted by Crippen LogP contribution is -2.55. The number of hydrogen-bond acceptors (Lipinski definition) is 3. The minimum Gasteiger partial charge on any atom is -0.342 e. The van der Waals surface area contributed by atoms with E-state index >= 15 is 0 Å². The molecule has 2 aliphatic rings. The number of piperidine rings is 1. The number of halogens is 1. The van der Waals surface area contributed by atoms with Gasteiger partial charge in [0.2, 0.25) is 5.91 Å². The highest BCUT2D eigenvalue weighted by Gasteiger charge is 2.48. The van der Waals surface area contributed by atoms with E-state index in [1.165, 1.54) is 12.1 Å². The van der Waals surface area contributed by atoms with Crippen molar-refractivity contribution in [2.75, 3.05) is 13.1 Å². The topological polar surface area (TPSA) is 78.5 Å². The molecule has 22 heavy (non-hydrogen) atoms. The molecule has 2 N–H and O–H groups in total. The third-order valence-electron chi connectivity index (χ3n) is 4.23. The Morgan fingerprint density at radius 1 is 1.27 bits per heavy atom. The van der Waals surface area contributed by atoms with Crippen molar-refractivity contribution in [3.8, 4) is 0 Å². The summed E-state index contributed by atoms with van der Waals surface area (Å²) < 4.78 is 13.1. The average Bonchev–Trinajstić information content (AvgIpc) is 2.73. The molecule has 2 heterocycles. The van der Waals surface area contributed by atoms with E-state index in [4.69, 9.17) is 0 Å². The van der Waals surface area contributed by atoms with Crippen molar-refractivity contribution in [1.29, 1.82) is 0 Å². The Morgan fingerprint density at radius 3 is 2.59 bits per heavy atom. The number of imide groups is 1. The van der Waals surface area contributed by atoms with Gasteiger partial charge in [0.05, 0.1) is 6.42 Å². The first kappa shape index (κ1) is 14.5. The summed E-state index contributed by atoms with van der Waals surface area (Å²) in [5, 5.41) is 4.88. The molecule has 1 aromatic carbocycles. The molecule has 2 saturated heterocycles. The molecule has 0 radical (unpaired) electrons. The minimum atomic E-state index is -0.882. The van der Waals surface area contributed by atoms with Crippen molar-refractivity contribution in [2.45, 2.75) is 24.8 Å². The molecule has 7 heteroatoms. The molecule has 0 atom stereocenters. The van der Waals surface area contributed by atoms with Crippen molar-refractivity contribution in [3.63, 3.8) is 0 Å². The lowest BCUT2D eigenvalue weighted by molar-refractivity contribution is -0.135. The fourth-order valence-corrected chi connectivity index (χ4v) is 2.95. The maximum absolute atomic E-state index is 13.1. The molecule has 2 fully saturated rings. The number of carbonyl (C=O) groups excluding carboxylic acids is 3. The number of amides is 4. The van der Waals surface area contributed by atoms with Gasteiger partial charge in [-0.05, 0) is 30.5 Å². The lowest BCUT2D eigenvalue weighted by Gasteiger charge is -2.37. The predicted molar refractivity (Wildman–Crippen MR) is 75.3 cm³/mol. The summed E-state index contributed by atoms with van der Waals surface area (Å²) in [6, 6.07) is 5.47. The second kappa shape index (κ2) is 5.40. The molecule has 0 unspecified atom stereocenters. The molecule has 1 spiro atoms. The Balaban J connectivity index is 1.60. The molecule has 1 aromatic rings. The van der Waals surface area contributed by atoms with Gasteiger partial charge < -0.3 is 10.2 Å². The number of urea groups is 1. The lowest BCUT2D eigenvalue weighted by atomic mass is 9.87. The number of carbonyl (C=O) groups is 3. The predicted octanol–water partition coefficient (Wildman–Crippen LogP) is 0.569. The zero-order valence-electron chi connectivity index (χ0n) is 11.9. The van der Waals surface area contributed by atoms with Crippen LogP contribution in [-0.2, 0) is 16.0 Å². The fraction of sp³-hybridized carbons (Fsp3) is 0.400. The second-order valence-electron chi connectivity index (χ2n) is 5.68. The quantitative estimate of drug-likeness (QED) is 0.784. The van der Waals surface area contributed by atoms with Crippen molar-refractivity contribution >= 4 is 17.8 Å². The fourth-order valence-electron chi connectivity index (χ4n) is 2.95. The van der Waals surface area contributed by atoms with Crippen LogP contribution in [0.3, 0.4) is 0 Å². The molecular formula is C15H16FN3O3. The normalized spacial score (nSPS) is 20.0. The number of nitrogens with one attached hydrogen (secondary N) is 2. The summed E-state index contributed by atoms with van der Waals surface area (Å²) in [5.74, 6) is -0.798. The van der Waals surface area contributed by atoms with Gasteiger partial charge in [0.15, 0.2) is 0 Å². The second-order valence-corrected chi connectivity index (χ2v) is 5.68. The molecule has 4 amide bonds. The molecule has 0 bridgehead atoms. The summed E-state index contributed by atoms with van der Waals surface area (Å²) in [6.45, 7) is 0.781. The Morgan fingerprint density at radius 2 is 2.00 bits per heavy atom. The zero-order valence-corrected chi connectivity index (χ0v) is 11.9. The zero-order chi connectivity index (χ0) is 15.7. The van der Waals surface area contributed by atoms with E-state index < -0.39 is 11.6 Å². The number of hydrogen-bond donors (Lipinski definition) is 2. The van der Waals surface area contributed by atoms with Crippen LogP contribution in [0.2, 0.25) is 0 Å². The first-order chi connectivity index (χ1) is 10.5. The molecule has 0 aromatic heterocycles.